The summed E-state index contributed by atoms with van der Waals surface area (Å²) < 4.78 is 25.3. The number of carbonyl (C=O) groups excluding carboxylic acids is 2. The fourth-order valence-corrected chi connectivity index (χ4v) is 5.09. The van der Waals surface area contributed by atoms with Gasteiger partial charge in [0.25, 0.3) is 11.8 Å². The van der Waals surface area contributed by atoms with Crippen LogP contribution in [0.5, 0.6) is 0 Å². The van der Waals surface area contributed by atoms with Crippen LogP contribution < -0.4 is 0 Å². The number of rotatable bonds is 5. The van der Waals surface area contributed by atoms with Gasteiger partial charge in [-0.15, -0.1) is 0 Å². The zero-order chi connectivity index (χ0) is 20.6. The first-order valence-corrected chi connectivity index (χ1v) is 11.5. The maximum absolute atomic E-state index is 13.3. The quantitative estimate of drug-likeness (QED) is 0.756. The molecular formula is C22H24N2O4S. The van der Waals surface area contributed by atoms with Crippen molar-refractivity contribution in [3.8, 4) is 0 Å². The van der Waals surface area contributed by atoms with Gasteiger partial charge in [0, 0.05) is 13.1 Å². The summed E-state index contributed by atoms with van der Waals surface area (Å²) in [5.74, 6) is -1.30. The van der Waals surface area contributed by atoms with Crippen molar-refractivity contribution < 1.29 is 18.0 Å². The molecule has 0 N–H and O–H groups in total. The first-order valence-electron chi connectivity index (χ1n) is 9.81. The van der Waals surface area contributed by atoms with Gasteiger partial charge < -0.3 is 0 Å². The van der Waals surface area contributed by atoms with Crippen LogP contribution in [0, 0.1) is 6.92 Å². The van der Waals surface area contributed by atoms with Crippen LogP contribution in [-0.2, 0) is 24.8 Å². The summed E-state index contributed by atoms with van der Waals surface area (Å²) in [4.78, 5) is 26.3. The van der Waals surface area contributed by atoms with E-state index in [1.54, 1.807) is 12.1 Å². The Morgan fingerprint density at radius 3 is 2.17 bits per heavy atom. The van der Waals surface area contributed by atoms with Gasteiger partial charge in [0.1, 0.15) is 5.75 Å². The molecule has 2 fully saturated rings. The van der Waals surface area contributed by atoms with Gasteiger partial charge in [-0.25, -0.2) is 8.42 Å². The molecule has 2 aliphatic rings. The molecule has 7 heteroatoms. The predicted molar refractivity (Wildman–Crippen MR) is 109 cm³/mol. The third-order valence-electron chi connectivity index (χ3n) is 5.73. The molecule has 29 heavy (non-hydrogen) atoms. The van der Waals surface area contributed by atoms with E-state index in [9.17, 15) is 18.0 Å². The number of hydrogen-bond acceptors (Lipinski definition) is 4. The third kappa shape index (κ3) is 3.67. The number of nitrogens with zero attached hydrogens (tertiary/aromatic N) is 2. The molecular weight excluding hydrogens is 388 g/mol. The SMILES string of the molecule is Cc1ccc(S(=O)(=O)CC(=O)N2CCCN2C(=O)C2(c3ccccc3)CC2)cc1. The molecule has 2 aromatic rings. The van der Waals surface area contributed by atoms with E-state index in [-0.39, 0.29) is 10.8 Å². The van der Waals surface area contributed by atoms with Gasteiger partial charge in [0.05, 0.1) is 10.3 Å². The van der Waals surface area contributed by atoms with E-state index >= 15 is 0 Å². The van der Waals surface area contributed by atoms with Crippen LogP contribution in [0.25, 0.3) is 0 Å². The second-order valence-corrected chi connectivity index (χ2v) is 9.81. The van der Waals surface area contributed by atoms with Gasteiger partial charge in [0.2, 0.25) is 0 Å². The molecule has 2 aromatic carbocycles. The highest BCUT2D eigenvalue weighted by Crippen LogP contribution is 2.50. The van der Waals surface area contributed by atoms with Crippen LogP contribution in [0.2, 0.25) is 0 Å². The lowest BCUT2D eigenvalue weighted by atomic mass is 9.95. The van der Waals surface area contributed by atoms with Crippen molar-refractivity contribution in [3.05, 3.63) is 65.7 Å². The zero-order valence-electron chi connectivity index (χ0n) is 16.4. The van der Waals surface area contributed by atoms with Crippen LogP contribution >= 0.6 is 0 Å². The maximum atomic E-state index is 13.3. The molecule has 0 aromatic heterocycles. The number of hydrazine groups is 1. The summed E-state index contributed by atoms with van der Waals surface area (Å²) in [6.07, 6.45) is 2.14. The molecule has 1 saturated carbocycles. The fraction of sp³-hybridized carbons (Fsp3) is 0.364. The van der Waals surface area contributed by atoms with E-state index in [0.717, 1.165) is 24.0 Å². The normalized spacial score (nSPS) is 18.0. The number of aryl methyl sites for hydroxylation is 1. The van der Waals surface area contributed by atoms with E-state index in [1.807, 2.05) is 37.3 Å². The van der Waals surface area contributed by atoms with Gasteiger partial charge in [-0.1, -0.05) is 48.0 Å². The zero-order valence-corrected chi connectivity index (χ0v) is 17.2. The molecule has 152 valence electrons. The minimum absolute atomic E-state index is 0.109. The Kier molecular flexibility index (Phi) is 4.94. The van der Waals surface area contributed by atoms with Crippen molar-refractivity contribution >= 4 is 21.7 Å². The Balaban J connectivity index is 1.52. The highest BCUT2D eigenvalue weighted by Gasteiger charge is 2.54. The molecule has 4 rings (SSSR count). The lowest BCUT2D eigenvalue weighted by Crippen LogP contribution is -2.50. The smallest absolute Gasteiger partial charge is 0.256 e. The lowest BCUT2D eigenvalue weighted by Gasteiger charge is -2.31. The summed E-state index contributed by atoms with van der Waals surface area (Å²) in [6.45, 7) is 2.66. The molecule has 1 saturated heterocycles. The number of hydrogen-bond donors (Lipinski definition) is 0. The van der Waals surface area contributed by atoms with Gasteiger partial charge in [-0.2, -0.15) is 0 Å². The average molecular weight is 413 g/mol. The number of amides is 2. The van der Waals surface area contributed by atoms with Crippen molar-refractivity contribution in [2.24, 2.45) is 0 Å². The Labute approximate surface area is 171 Å². The number of benzene rings is 2. The van der Waals surface area contributed by atoms with Crippen molar-refractivity contribution in [1.82, 2.24) is 10.0 Å². The molecule has 1 aliphatic carbocycles. The maximum Gasteiger partial charge on any atom is 0.256 e. The van der Waals surface area contributed by atoms with Crippen LogP contribution in [0.15, 0.2) is 59.5 Å². The topological polar surface area (TPSA) is 74.8 Å². The van der Waals surface area contributed by atoms with Gasteiger partial charge in [0.15, 0.2) is 9.84 Å². The van der Waals surface area contributed by atoms with Crippen LogP contribution in [0.4, 0.5) is 0 Å². The second kappa shape index (κ2) is 7.30. The second-order valence-electron chi connectivity index (χ2n) is 7.82. The molecule has 6 nitrogen and oxygen atoms in total. The van der Waals surface area contributed by atoms with Gasteiger partial charge in [-0.3, -0.25) is 19.6 Å². The summed E-state index contributed by atoms with van der Waals surface area (Å²) >= 11 is 0. The fourth-order valence-electron chi connectivity index (χ4n) is 3.90. The summed E-state index contributed by atoms with van der Waals surface area (Å²) in [5.41, 5.74) is 1.32. The summed E-state index contributed by atoms with van der Waals surface area (Å²) in [5, 5.41) is 2.80. The predicted octanol–water partition coefficient (Wildman–Crippen LogP) is 2.48. The highest BCUT2D eigenvalue weighted by molar-refractivity contribution is 7.92. The average Bonchev–Trinajstić information content (AvgIpc) is 3.37. The van der Waals surface area contributed by atoms with Crippen molar-refractivity contribution in [2.75, 3.05) is 18.8 Å². The summed E-state index contributed by atoms with van der Waals surface area (Å²) in [7, 11) is -3.76. The third-order valence-corrected chi connectivity index (χ3v) is 7.35. The van der Waals surface area contributed by atoms with Crippen molar-refractivity contribution in [2.45, 2.75) is 36.5 Å². The summed E-state index contributed by atoms with van der Waals surface area (Å²) in [6, 6.07) is 16.0. The minimum Gasteiger partial charge on any atom is -0.272 e. The van der Waals surface area contributed by atoms with E-state index in [4.69, 9.17) is 0 Å². The van der Waals surface area contributed by atoms with Crippen LogP contribution in [-0.4, -0.2) is 49.1 Å². The Bertz CT molecular complexity index is 1030. The molecule has 0 atom stereocenters. The molecule has 0 radical (unpaired) electrons. The molecule has 1 heterocycles. The van der Waals surface area contributed by atoms with Crippen molar-refractivity contribution in [3.63, 3.8) is 0 Å². The number of carbonyl (C=O) groups is 2. The number of sulfone groups is 1. The molecule has 0 spiro atoms. The Hall–Kier alpha value is -2.67. The van der Waals surface area contributed by atoms with E-state index < -0.39 is 26.9 Å². The van der Waals surface area contributed by atoms with Crippen molar-refractivity contribution in [1.29, 1.82) is 0 Å². The largest absolute Gasteiger partial charge is 0.272 e. The molecule has 0 unspecified atom stereocenters. The highest BCUT2D eigenvalue weighted by atomic mass is 32.2. The van der Waals surface area contributed by atoms with Gasteiger partial charge >= 0.3 is 0 Å². The van der Waals surface area contributed by atoms with Gasteiger partial charge in [-0.05, 0) is 43.9 Å². The first kappa shape index (κ1) is 19.6. The molecule has 1 aliphatic heterocycles. The van der Waals surface area contributed by atoms with Crippen LogP contribution in [0.3, 0.4) is 0 Å². The standard InChI is InChI=1S/C22H24N2O4S/c1-17-8-10-19(11-9-17)29(27,28)16-20(25)23-14-5-15-24(23)21(26)22(12-13-22)18-6-3-2-4-7-18/h2-4,6-11H,5,12-16H2,1H3. The Morgan fingerprint density at radius 1 is 0.931 bits per heavy atom. The monoisotopic (exact) mass is 412 g/mol. The first-order chi connectivity index (χ1) is 13.8. The van der Waals surface area contributed by atoms with E-state index in [1.165, 1.54) is 22.2 Å². The minimum atomic E-state index is -3.76. The van der Waals surface area contributed by atoms with E-state index in [2.05, 4.69) is 0 Å². The lowest BCUT2D eigenvalue weighted by molar-refractivity contribution is -0.158. The van der Waals surface area contributed by atoms with Crippen LogP contribution in [0.1, 0.15) is 30.4 Å². The van der Waals surface area contributed by atoms with E-state index in [0.29, 0.717) is 19.5 Å². The molecule has 0 bridgehead atoms. The Morgan fingerprint density at radius 2 is 1.55 bits per heavy atom. The molecule has 2 amide bonds.